The van der Waals surface area contributed by atoms with E-state index in [1.165, 1.54) is 0 Å². The van der Waals surface area contributed by atoms with Crippen LogP contribution in [0, 0.1) is 11.8 Å². The molecule has 0 aliphatic carbocycles. The quantitative estimate of drug-likeness (QED) is 0.0656. The van der Waals surface area contributed by atoms with Crippen LogP contribution < -0.4 is 15.5 Å². The minimum absolute atomic E-state index is 0.0644. The average Bonchev–Trinajstić information content (AvgIpc) is 3.18. The van der Waals surface area contributed by atoms with Crippen LogP contribution in [0.4, 0.5) is 5.69 Å². The molecule has 54 heavy (non-hydrogen) atoms. The van der Waals surface area contributed by atoms with Gasteiger partial charge in [-0.05, 0) is 23.8 Å². The summed E-state index contributed by atoms with van der Waals surface area (Å²) >= 11 is 3.08. The second-order valence-electron chi connectivity index (χ2n) is 11.6. The zero-order valence-corrected chi connectivity index (χ0v) is 32.6. The van der Waals surface area contributed by atoms with Gasteiger partial charge in [0.1, 0.15) is 0 Å². The van der Waals surface area contributed by atoms with Gasteiger partial charge in [-0.2, -0.15) is 0 Å². The Kier molecular flexibility index (Phi) is 24.9. The number of fused-ring (bicyclic) bond motifs is 2. The molecule has 15 heteroatoms. The lowest BCUT2D eigenvalue weighted by molar-refractivity contribution is -0.125. The van der Waals surface area contributed by atoms with Crippen molar-refractivity contribution < 1.29 is 52.3 Å². The Morgan fingerprint density at radius 3 is 1.44 bits per heavy atom. The Hall–Kier alpha value is -3.43. The highest BCUT2D eigenvalue weighted by atomic mass is 79.9. The number of hydrogen-bond donors (Lipinski definition) is 2. The van der Waals surface area contributed by atoms with Crippen LogP contribution in [0.15, 0.2) is 48.5 Å². The van der Waals surface area contributed by atoms with Gasteiger partial charge in [-0.1, -0.05) is 58.1 Å². The minimum atomic E-state index is -0.202. The summed E-state index contributed by atoms with van der Waals surface area (Å²) in [5.41, 5.74) is 3.40. The van der Waals surface area contributed by atoms with E-state index < -0.39 is 0 Å². The summed E-state index contributed by atoms with van der Waals surface area (Å²) in [4.78, 5) is 38.5. The summed E-state index contributed by atoms with van der Waals surface area (Å²) < 4.78 is 43.7. The zero-order chi connectivity index (χ0) is 38.3. The Labute approximate surface area is 326 Å². The third kappa shape index (κ3) is 20.3. The number of nitrogens with zero attached hydrogens (tertiary/aromatic N) is 1. The summed E-state index contributed by atoms with van der Waals surface area (Å²) in [6.45, 7) is 8.42. The van der Waals surface area contributed by atoms with Gasteiger partial charge in [-0.15, -0.1) is 0 Å². The van der Waals surface area contributed by atoms with Gasteiger partial charge in [-0.25, -0.2) is 0 Å². The summed E-state index contributed by atoms with van der Waals surface area (Å²) in [5.74, 6) is 6.00. The van der Waals surface area contributed by atoms with Gasteiger partial charge in [0.15, 0.2) is 0 Å². The Morgan fingerprint density at radius 2 is 0.944 bits per heavy atom. The van der Waals surface area contributed by atoms with Crippen molar-refractivity contribution in [1.29, 1.82) is 0 Å². The number of hydrogen-bond acceptors (Lipinski definition) is 11. The van der Waals surface area contributed by atoms with Crippen LogP contribution in [0.5, 0.6) is 0 Å². The largest absolute Gasteiger partial charge is 0.377 e. The Morgan fingerprint density at radius 1 is 0.537 bits per heavy atom. The second-order valence-corrected chi connectivity index (χ2v) is 12.2. The molecule has 0 aromatic heterocycles. The standard InChI is InChI=1S/C39H54BrN3O11/c40-31-38(45)42-14-16-48-18-20-50-22-24-52-26-28-54-30-29-53-27-25-51-23-21-49-19-17-47-15-13-41-37(44)11-12-39(46)43-32-35-7-2-1-5-33(35)9-10-34-6-3-4-8-36(34)43/h1-8H,11-32H2,(H,41,44)(H,42,45). The van der Waals surface area contributed by atoms with Crippen LogP contribution in [0.25, 0.3) is 0 Å². The van der Waals surface area contributed by atoms with Crippen molar-refractivity contribution in [1.82, 2.24) is 10.6 Å². The first-order valence-electron chi connectivity index (χ1n) is 18.3. The molecule has 1 heterocycles. The molecule has 0 saturated heterocycles. The molecule has 2 N–H and O–H groups in total. The van der Waals surface area contributed by atoms with Gasteiger partial charge in [0.05, 0.1) is 123 Å². The van der Waals surface area contributed by atoms with Gasteiger partial charge in [0.2, 0.25) is 17.7 Å². The molecule has 0 bridgehead atoms. The molecule has 0 spiro atoms. The fourth-order valence-corrected chi connectivity index (χ4v) is 5.06. The Balaban J connectivity index is 1.04. The summed E-state index contributed by atoms with van der Waals surface area (Å²) in [6.07, 6.45) is 0.172. The molecule has 0 unspecified atom stereocenters. The lowest BCUT2D eigenvalue weighted by Crippen LogP contribution is -2.34. The van der Waals surface area contributed by atoms with E-state index in [9.17, 15) is 14.4 Å². The van der Waals surface area contributed by atoms with Crippen LogP contribution in [-0.2, 0) is 58.8 Å². The number of rotatable bonds is 31. The maximum absolute atomic E-state index is 13.3. The van der Waals surface area contributed by atoms with E-state index in [0.717, 1.165) is 22.4 Å². The first kappa shape index (κ1) is 45.0. The maximum atomic E-state index is 13.3. The maximum Gasteiger partial charge on any atom is 0.230 e. The fourth-order valence-electron chi connectivity index (χ4n) is 4.87. The number of ether oxygens (including phenoxy) is 8. The molecule has 2 aromatic rings. The number of carbonyl (C=O) groups excluding carboxylic acids is 3. The van der Waals surface area contributed by atoms with Crippen LogP contribution in [0.1, 0.15) is 29.5 Å². The molecule has 1 aliphatic rings. The highest BCUT2D eigenvalue weighted by Crippen LogP contribution is 2.26. The van der Waals surface area contributed by atoms with E-state index in [4.69, 9.17) is 37.9 Å². The average molecular weight is 821 g/mol. The SMILES string of the molecule is O=C(CBr)NCCOCCOCCOCCOCCOCCOCCOCCOCCNC(=O)CCC(=O)N1Cc2ccccc2C#Cc2ccccc21. The van der Waals surface area contributed by atoms with E-state index in [2.05, 4.69) is 38.4 Å². The number of amides is 3. The number of alkyl halides is 1. The van der Waals surface area contributed by atoms with Crippen molar-refractivity contribution in [2.45, 2.75) is 19.4 Å². The van der Waals surface area contributed by atoms with Crippen molar-refractivity contribution in [2.75, 3.05) is 129 Å². The molecule has 14 nitrogen and oxygen atoms in total. The van der Waals surface area contributed by atoms with Gasteiger partial charge in [0, 0.05) is 37.1 Å². The lowest BCUT2D eigenvalue weighted by Gasteiger charge is -2.26. The van der Waals surface area contributed by atoms with Crippen molar-refractivity contribution in [2.24, 2.45) is 0 Å². The van der Waals surface area contributed by atoms with Crippen LogP contribution in [-0.4, -0.2) is 142 Å². The molecular weight excluding hydrogens is 766 g/mol. The van der Waals surface area contributed by atoms with Gasteiger partial charge in [0.25, 0.3) is 0 Å². The number of carbonyl (C=O) groups is 3. The van der Waals surface area contributed by atoms with Gasteiger partial charge < -0.3 is 53.4 Å². The van der Waals surface area contributed by atoms with E-state index in [-0.39, 0.29) is 35.9 Å². The molecule has 0 atom stereocenters. The van der Waals surface area contributed by atoms with Crippen LogP contribution in [0.2, 0.25) is 0 Å². The molecule has 3 rings (SSSR count). The van der Waals surface area contributed by atoms with Gasteiger partial charge >= 0.3 is 0 Å². The Bertz CT molecular complexity index is 1420. The highest BCUT2D eigenvalue weighted by molar-refractivity contribution is 9.09. The normalized spacial score (nSPS) is 11.8. The van der Waals surface area contributed by atoms with E-state index in [1.54, 1.807) is 4.90 Å². The fraction of sp³-hybridized carbons (Fsp3) is 0.564. The number of anilines is 1. The summed E-state index contributed by atoms with van der Waals surface area (Å²) in [6, 6.07) is 15.4. The first-order chi connectivity index (χ1) is 26.6. The number of benzene rings is 2. The zero-order valence-electron chi connectivity index (χ0n) is 31.0. The number of para-hydroxylation sites is 1. The molecule has 1 aliphatic heterocycles. The van der Waals surface area contributed by atoms with E-state index in [0.29, 0.717) is 125 Å². The van der Waals surface area contributed by atoms with Gasteiger partial charge in [-0.3, -0.25) is 14.4 Å². The van der Waals surface area contributed by atoms with E-state index in [1.807, 2.05) is 48.5 Å². The van der Waals surface area contributed by atoms with Crippen molar-refractivity contribution >= 4 is 39.3 Å². The molecular formula is C39H54BrN3O11. The summed E-state index contributed by atoms with van der Waals surface area (Å²) in [7, 11) is 0. The summed E-state index contributed by atoms with van der Waals surface area (Å²) in [5, 5.41) is 5.79. The van der Waals surface area contributed by atoms with Crippen molar-refractivity contribution in [3.63, 3.8) is 0 Å². The first-order valence-corrected chi connectivity index (χ1v) is 19.4. The number of nitrogens with one attached hydrogen (secondary N) is 2. The highest BCUT2D eigenvalue weighted by Gasteiger charge is 2.21. The second kappa shape index (κ2) is 29.9. The van der Waals surface area contributed by atoms with Crippen molar-refractivity contribution in [3.05, 3.63) is 65.2 Å². The molecule has 0 saturated carbocycles. The molecule has 0 fully saturated rings. The third-order valence-corrected chi connectivity index (χ3v) is 8.11. The molecule has 2 aromatic carbocycles. The third-order valence-electron chi connectivity index (χ3n) is 7.60. The monoisotopic (exact) mass is 819 g/mol. The topological polar surface area (TPSA) is 152 Å². The van der Waals surface area contributed by atoms with E-state index >= 15 is 0 Å². The molecule has 298 valence electrons. The van der Waals surface area contributed by atoms with Crippen molar-refractivity contribution in [3.8, 4) is 11.8 Å². The number of halogens is 1. The molecule has 3 amide bonds. The van der Waals surface area contributed by atoms with Crippen LogP contribution >= 0.6 is 15.9 Å². The predicted molar refractivity (Wildman–Crippen MR) is 206 cm³/mol. The lowest BCUT2D eigenvalue weighted by atomic mass is 10.0. The molecule has 0 radical (unpaired) electrons. The smallest absolute Gasteiger partial charge is 0.230 e. The van der Waals surface area contributed by atoms with Crippen LogP contribution in [0.3, 0.4) is 0 Å². The minimum Gasteiger partial charge on any atom is -0.377 e. The predicted octanol–water partition coefficient (Wildman–Crippen LogP) is 2.47.